The molecule has 2 aromatic carbocycles. The van der Waals surface area contributed by atoms with Crippen molar-refractivity contribution in [3.63, 3.8) is 0 Å². The van der Waals surface area contributed by atoms with Crippen molar-refractivity contribution in [1.29, 1.82) is 0 Å². The lowest BCUT2D eigenvalue weighted by Gasteiger charge is -2.17. The minimum absolute atomic E-state index is 0.0314. The van der Waals surface area contributed by atoms with E-state index in [1.807, 2.05) is 0 Å². The van der Waals surface area contributed by atoms with Gasteiger partial charge in [-0.2, -0.15) is 4.31 Å². The third-order valence-electron chi connectivity index (χ3n) is 4.07. The molecular formula is C17H15Cl3N2O3S. The number of benzene rings is 2. The van der Waals surface area contributed by atoms with E-state index in [1.54, 1.807) is 12.1 Å². The molecule has 1 fully saturated rings. The van der Waals surface area contributed by atoms with Gasteiger partial charge in [0.1, 0.15) is 4.90 Å². The van der Waals surface area contributed by atoms with E-state index < -0.39 is 15.9 Å². The molecule has 1 aliphatic rings. The number of carbonyl (C=O) groups is 1. The summed E-state index contributed by atoms with van der Waals surface area (Å²) in [5.41, 5.74) is 0.492. The van der Waals surface area contributed by atoms with Crippen molar-refractivity contribution in [1.82, 2.24) is 4.31 Å². The Hall–Kier alpha value is -1.31. The Kier molecular flexibility index (Phi) is 5.79. The number of rotatable bonds is 4. The van der Waals surface area contributed by atoms with Crippen LogP contribution in [0.25, 0.3) is 0 Å². The third kappa shape index (κ3) is 3.85. The van der Waals surface area contributed by atoms with E-state index in [0.29, 0.717) is 18.8 Å². The quantitative estimate of drug-likeness (QED) is 0.761. The molecule has 5 nitrogen and oxygen atoms in total. The number of nitrogens with one attached hydrogen (secondary N) is 1. The summed E-state index contributed by atoms with van der Waals surface area (Å²) in [4.78, 5) is 12.4. The van der Waals surface area contributed by atoms with Crippen LogP contribution in [0.3, 0.4) is 0 Å². The second-order valence-corrected chi connectivity index (χ2v) is 8.91. The summed E-state index contributed by atoms with van der Waals surface area (Å²) in [6.07, 6.45) is 1.64. The van der Waals surface area contributed by atoms with Crippen molar-refractivity contribution in [3.8, 4) is 0 Å². The summed E-state index contributed by atoms with van der Waals surface area (Å²) >= 11 is 18.1. The summed E-state index contributed by atoms with van der Waals surface area (Å²) in [5, 5.41) is 3.13. The van der Waals surface area contributed by atoms with Crippen molar-refractivity contribution in [2.45, 2.75) is 17.7 Å². The molecule has 0 radical (unpaired) electrons. The maximum Gasteiger partial charge on any atom is 0.257 e. The smallest absolute Gasteiger partial charge is 0.257 e. The van der Waals surface area contributed by atoms with Crippen LogP contribution in [0.1, 0.15) is 23.2 Å². The Balaban J connectivity index is 1.90. The van der Waals surface area contributed by atoms with Gasteiger partial charge in [-0.15, -0.1) is 0 Å². The molecule has 1 saturated heterocycles. The van der Waals surface area contributed by atoms with Crippen molar-refractivity contribution in [2.24, 2.45) is 0 Å². The molecule has 0 saturated carbocycles. The first-order chi connectivity index (χ1) is 12.3. The molecule has 9 heteroatoms. The molecule has 1 N–H and O–H groups in total. The van der Waals surface area contributed by atoms with Gasteiger partial charge in [0.05, 0.1) is 20.6 Å². The van der Waals surface area contributed by atoms with Crippen molar-refractivity contribution >= 4 is 56.4 Å². The molecule has 0 spiro atoms. The molecule has 138 valence electrons. The number of sulfonamides is 1. The first kappa shape index (κ1) is 19.5. The third-order valence-corrected chi connectivity index (χ3v) is 7.27. The average molecular weight is 434 g/mol. The van der Waals surface area contributed by atoms with Gasteiger partial charge in [0.2, 0.25) is 10.0 Å². The predicted molar refractivity (Wildman–Crippen MR) is 104 cm³/mol. The standard InChI is InChI=1S/C17H15Cl3N2O3S/c18-13-7-6-11(10-15(13)26(24,25)22-8-1-2-9-22)21-17(23)12-4-3-5-14(19)16(12)20/h3-7,10H,1-2,8-9H2,(H,21,23). The second kappa shape index (κ2) is 7.74. The van der Waals surface area contributed by atoms with Gasteiger partial charge in [-0.05, 0) is 43.2 Å². The van der Waals surface area contributed by atoms with Gasteiger partial charge in [-0.3, -0.25) is 4.79 Å². The van der Waals surface area contributed by atoms with Crippen LogP contribution in [0.2, 0.25) is 15.1 Å². The molecule has 1 heterocycles. The molecule has 0 atom stereocenters. The van der Waals surface area contributed by atoms with Crippen molar-refractivity contribution < 1.29 is 13.2 Å². The average Bonchev–Trinajstić information content (AvgIpc) is 3.14. The Bertz CT molecular complexity index is 958. The zero-order valence-corrected chi connectivity index (χ0v) is 16.6. The van der Waals surface area contributed by atoms with Gasteiger partial charge in [-0.25, -0.2) is 8.42 Å². The van der Waals surface area contributed by atoms with Crippen LogP contribution in [-0.4, -0.2) is 31.7 Å². The summed E-state index contributed by atoms with van der Waals surface area (Å²) in [6, 6.07) is 9.03. The van der Waals surface area contributed by atoms with Crippen LogP contribution in [0.4, 0.5) is 5.69 Å². The molecule has 3 rings (SSSR count). The second-order valence-electron chi connectivity index (χ2n) is 5.81. The Morgan fingerprint density at radius 3 is 2.38 bits per heavy atom. The number of anilines is 1. The van der Waals surface area contributed by atoms with E-state index >= 15 is 0 Å². The van der Waals surface area contributed by atoms with Gasteiger partial charge in [-0.1, -0.05) is 40.9 Å². The van der Waals surface area contributed by atoms with Gasteiger partial charge in [0, 0.05) is 18.8 Å². The number of hydrogen-bond donors (Lipinski definition) is 1. The van der Waals surface area contributed by atoms with Crippen LogP contribution < -0.4 is 5.32 Å². The number of halogens is 3. The lowest BCUT2D eigenvalue weighted by atomic mass is 10.2. The Morgan fingerprint density at radius 1 is 1.00 bits per heavy atom. The van der Waals surface area contributed by atoms with E-state index in [-0.39, 0.29) is 25.5 Å². The van der Waals surface area contributed by atoms with E-state index in [4.69, 9.17) is 34.8 Å². The zero-order chi connectivity index (χ0) is 18.9. The minimum atomic E-state index is -3.70. The summed E-state index contributed by atoms with van der Waals surface area (Å²) in [5.74, 6) is -0.496. The molecular weight excluding hydrogens is 419 g/mol. The van der Waals surface area contributed by atoms with Crippen LogP contribution in [0.15, 0.2) is 41.3 Å². The molecule has 0 bridgehead atoms. The summed E-state index contributed by atoms with van der Waals surface area (Å²) in [7, 11) is -3.70. The van der Waals surface area contributed by atoms with Gasteiger partial charge < -0.3 is 5.32 Å². The van der Waals surface area contributed by atoms with Crippen molar-refractivity contribution in [3.05, 3.63) is 57.0 Å². The maximum atomic E-state index is 12.8. The first-order valence-corrected chi connectivity index (χ1v) is 10.4. The Morgan fingerprint density at radius 2 is 1.69 bits per heavy atom. The molecule has 26 heavy (non-hydrogen) atoms. The predicted octanol–water partition coefficient (Wildman–Crippen LogP) is 4.68. The fraction of sp³-hybridized carbons (Fsp3) is 0.235. The minimum Gasteiger partial charge on any atom is -0.322 e. The Labute approximate surface area is 166 Å². The van der Waals surface area contributed by atoms with E-state index in [2.05, 4.69) is 5.32 Å². The fourth-order valence-electron chi connectivity index (χ4n) is 2.72. The monoisotopic (exact) mass is 432 g/mol. The topological polar surface area (TPSA) is 66.5 Å². The summed E-state index contributed by atoms with van der Waals surface area (Å²) in [6.45, 7) is 0.931. The number of amides is 1. The largest absolute Gasteiger partial charge is 0.322 e. The van der Waals surface area contributed by atoms with Gasteiger partial charge in [0.15, 0.2) is 0 Å². The molecule has 0 aliphatic carbocycles. The lowest BCUT2D eigenvalue weighted by molar-refractivity contribution is 0.102. The highest BCUT2D eigenvalue weighted by molar-refractivity contribution is 7.89. The number of hydrogen-bond acceptors (Lipinski definition) is 3. The van der Waals surface area contributed by atoms with Crippen LogP contribution in [0.5, 0.6) is 0 Å². The fourth-order valence-corrected chi connectivity index (χ4v) is 5.13. The maximum absolute atomic E-state index is 12.8. The van der Waals surface area contributed by atoms with Crippen LogP contribution >= 0.6 is 34.8 Å². The SMILES string of the molecule is O=C(Nc1ccc(Cl)c(S(=O)(=O)N2CCCC2)c1)c1cccc(Cl)c1Cl. The van der Waals surface area contributed by atoms with E-state index in [9.17, 15) is 13.2 Å². The molecule has 1 amide bonds. The number of carbonyl (C=O) groups excluding carboxylic acids is 1. The van der Waals surface area contributed by atoms with Crippen LogP contribution in [0, 0.1) is 0 Å². The molecule has 1 aliphatic heterocycles. The van der Waals surface area contributed by atoms with E-state index in [1.165, 1.54) is 28.6 Å². The molecule has 0 aromatic heterocycles. The van der Waals surface area contributed by atoms with E-state index in [0.717, 1.165) is 12.8 Å². The van der Waals surface area contributed by atoms with Gasteiger partial charge in [0.25, 0.3) is 5.91 Å². The van der Waals surface area contributed by atoms with Crippen LogP contribution in [-0.2, 0) is 10.0 Å². The highest BCUT2D eigenvalue weighted by atomic mass is 35.5. The number of nitrogens with zero attached hydrogens (tertiary/aromatic N) is 1. The molecule has 2 aromatic rings. The highest BCUT2D eigenvalue weighted by Gasteiger charge is 2.29. The lowest BCUT2D eigenvalue weighted by Crippen LogP contribution is -2.28. The molecule has 0 unspecified atom stereocenters. The van der Waals surface area contributed by atoms with Crippen molar-refractivity contribution in [2.75, 3.05) is 18.4 Å². The first-order valence-electron chi connectivity index (χ1n) is 7.86. The normalized spacial score (nSPS) is 15.2. The zero-order valence-electron chi connectivity index (χ0n) is 13.5. The van der Waals surface area contributed by atoms with Gasteiger partial charge >= 0.3 is 0 Å². The summed E-state index contributed by atoms with van der Waals surface area (Å²) < 4.78 is 26.9. The highest BCUT2D eigenvalue weighted by Crippen LogP contribution is 2.31.